The smallest absolute Gasteiger partial charge is 0.326 e. The van der Waals surface area contributed by atoms with Crippen molar-refractivity contribution in [3.63, 3.8) is 0 Å². The molecule has 1 aromatic carbocycles. The molecule has 11 nitrogen and oxygen atoms in total. The van der Waals surface area contributed by atoms with Crippen molar-refractivity contribution in [1.82, 2.24) is 15.6 Å². The number of carbonyl (C=O) groups is 3. The molecule has 11 heteroatoms. The second kappa shape index (κ2) is 11.0. The number of aliphatic imine (C=N–C) groups is 1. The zero-order chi connectivity index (χ0) is 23.0. The average molecular weight is 431 g/mol. The van der Waals surface area contributed by atoms with Gasteiger partial charge in [0.25, 0.3) is 0 Å². The number of nitrogens with two attached hydrogens (primary N) is 3. The summed E-state index contributed by atoms with van der Waals surface area (Å²) in [6.45, 7) is 1.75. The molecule has 0 aliphatic rings. The molecule has 0 aliphatic heterocycles. The Hall–Kier alpha value is -3.60. The highest BCUT2D eigenvalue weighted by molar-refractivity contribution is 5.92. The van der Waals surface area contributed by atoms with Crippen LogP contribution in [0.15, 0.2) is 35.5 Å². The number of aromatic amines is 1. The van der Waals surface area contributed by atoms with E-state index in [-0.39, 0.29) is 25.3 Å². The number of carbonyl (C=O) groups excluding carboxylic acids is 2. The number of para-hydroxylation sites is 1. The molecule has 10 N–H and O–H groups in total. The number of carboxylic acid groups (broad SMARTS) is 1. The van der Waals surface area contributed by atoms with Crippen LogP contribution >= 0.6 is 0 Å². The first-order chi connectivity index (χ1) is 14.7. The van der Waals surface area contributed by atoms with Gasteiger partial charge in [-0.2, -0.15) is 0 Å². The number of H-pyrrole nitrogens is 1. The highest BCUT2D eigenvalue weighted by Gasteiger charge is 2.27. The molecular weight excluding hydrogens is 402 g/mol. The van der Waals surface area contributed by atoms with E-state index < -0.39 is 35.9 Å². The van der Waals surface area contributed by atoms with Crippen molar-refractivity contribution in [1.29, 1.82) is 0 Å². The third-order valence-electron chi connectivity index (χ3n) is 4.71. The van der Waals surface area contributed by atoms with Crippen LogP contribution in [-0.2, 0) is 20.8 Å². The van der Waals surface area contributed by atoms with E-state index in [0.717, 1.165) is 16.5 Å². The van der Waals surface area contributed by atoms with Gasteiger partial charge in [0, 0.05) is 30.1 Å². The second-order valence-electron chi connectivity index (χ2n) is 7.26. The Bertz CT molecular complexity index is 950. The van der Waals surface area contributed by atoms with E-state index in [0.29, 0.717) is 6.42 Å². The van der Waals surface area contributed by atoms with Gasteiger partial charge in [-0.25, -0.2) is 4.79 Å². The van der Waals surface area contributed by atoms with E-state index in [2.05, 4.69) is 20.6 Å². The molecule has 0 bridgehead atoms. The number of hydrogen-bond donors (Lipinski definition) is 7. The number of carboxylic acids is 1. The van der Waals surface area contributed by atoms with Crippen molar-refractivity contribution in [3.05, 3.63) is 36.0 Å². The van der Waals surface area contributed by atoms with Crippen molar-refractivity contribution >= 4 is 34.6 Å². The van der Waals surface area contributed by atoms with Crippen molar-refractivity contribution in [2.75, 3.05) is 6.54 Å². The van der Waals surface area contributed by atoms with Crippen molar-refractivity contribution < 1.29 is 19.5 Å². The zero-order valence-electron chi connectivity index (χ0n) is 17.3. The monoisotopic (exact) mass is 431 g/mol. The molecule has 1 aromatic heterocycles. The summed E-state index contributed by atoms with van der Waals surface area (Å²) < 4.78 is 0. The van der Waals surface area contributed by atoms with Gasteiger partial charge in [-0.15, -0.1) is 0 Å². The number of hydrogen-bond acceptors (Lipinski definition) is 5. The highest BCUT2D eigenvalue weighted by Crippen LogP contribution is 2.19. The number of aliphatic carboxylic acids is 1. The quantitative estimate of drug-likeness (QED) is 0.136. The van der Waals surface area contributed by atoms with Crippen molar-refractivity contribution in [2.45, 2.75) is 44.3 Å². The maximum absolute atomic E-state index is 12.8. The lowest BCUT2D eigenvalue weighted by atomic mass is 10.0. The lowest BCUT2D eigenvalue weighted by Crippen LogP contribution is -2.54. The minimum atomic E-state index is -1.18. The Labute approximate surface area is 179 Å². The van der Waals surface area contributed by atoms with E-state index in [1.807, 2.05) is 24.3 Å². The molecule has 3 atom stereocenters. The van der Waals surface area contributed by atoms with Gasteiger partial charge in [0.2, 0.25) is 11.8 Å². The molecule has 168 valence electrons. The van der Waals surface area contributed by atoms with Crippen LogP contribution in [-0.4, -0.2) is 58.5 Å². The Morgan fingerprint density at radius 2 is 1.81 bits per heavy atom. The Kier molecular flexibility index (Phi) is 8.38. The minimum Gasteiger partial charge on any atom is -0.480 e. The number of aromatic nitrogens is 1. The van der Waals surface area contributed by atoms with Crippen LogP contribution in [0.2, 0.25) is 0 Å². The summed E-state index contributed by atoms with van der Waals surface area (Å²) in [5.74, 6) is -2.40. The molecule has 2 aromatic rings. The summed E-state index contributed by atoms with van der Waals surface area (Å²) in [6.07, 6.45) is 2.40. The van der Waals surface area contributed by atoms with E-state index in [4.69, 9.17) is 17.2 Å². The number of guanidine groups is 1. The molecule has 0 aliphatic carbocycles. The number of amides is 2. The molecule has 31 heavy (non-hydrogen) atoms. The van der Waals surface area contributed by atoms with Crippen molar-refractivity contribution in [2.24, 2.45) is 22.2 Å². The van der Waals surface area contributed by atoms with E-state index in [1.165, 1.54) is 6.92 Å². The number of nitrogens with zero attached hydrogens (tertiary/aromatic N) is 1. The second-order valence-corrected chi connectivity index (χ2v) is 7.26. The van der Waals surface area contributed by atoms with Gasteiger partial charge in [0.1, 0.15) is 12.1 Å². The number of fused-ring (bicyclic) bond motifs is 1. The van der Waals surface area contributed by atoms with Crippen LogP contribution < -0.4 is 27.8 Å². The first-order valence-corrected chi connectivity index (χ1v) is 9.88. The molecule has 2 rings (SSSR count). The first-order valence-electron chi connectivity index (χ1n) is 9.88. The van der Waals surface area contributed by atoms with E-state index >= 15 is 0 Å². The summed E-state index contributed by atoms with van der Waals surface area (Å²) in [5.41, 5.74) is 17.8. The fraction of sp³-hybridized carbons (Fsp3) is 0.400. The normalized spacial score (nSPS) is 13.7. The van der Waals surface area contributed by atoms with Crippen LogP contribution in [0.25, 0.3) is 10.9 Å². The molecule has 3 unspecified atom stereocenters. The highest BCUT2D eigenvalue weighted by atomic mass is 16.4. The number of benzene rings is 1. The predicted octanol–water partition coefficient (Wildman–Crippen LogP) is -0.835. The van der Waals surface area contributed by atoms with Gasteiger partial charge in [-0.1, -0.05) is 18.2 Å². The standard InChI is InChI=1S/C20H29N7O4/c1-11(21)17(28)26-15(7-4-8-24-20(22)23)18(29)27-16(19(30)31)9-12-10-25-14-6-3-2-5-13(12)14/h2-3,5-6,10-11,15-16,25H,4,7-9,21H2,1H3,(H,26,28)(H,27,29)(H,30,31)(H4,22,23,24). The number of nitrogens with one attached hydrogen (secondary N) is 3. The third-order valence-corrected chi connectivity index (χ3v) is 4.71. The van der Waals surface area contributed by atoms with Crippen LogP contribution in [0.4, 0.5) is 0 Å². The fourth-order valence-corrected chi connectivity index (χ4v) is 3.07. The molecule has 0 fully saturated rings. The summed E-state index contributed by atoms with van der Waals surface area (Å²) in [5, 5.41) is 15.6. The largest absolute Gasteiger partial charge is 0.480 e. The molecular formula is C20H29N7O4. The van der Waals surface area contributed by atoms with Gasteiger partial charge < -0.3 is 37.9 Å². The van der Waals surface area contributed by atoms with Gasteiger partial charge in [-0.3, -0.25) is 14.6 Å². The van der Waals surface area contributed by atoms with Crippen LogP contribution in [0.1, 0.15) is 25.3 Å². The SMILES string of the molecule is CC(N)C(=O)NC(CCCN=C(N)N)C(=O)NC(Cc1c[nH]c2ccccc12)C(=O)O. The lowest BCUT2D eigenvalue weighted by molar-refractivity contribution is -0.142. The fourth-order valence-electron chi connectivity index (χ4n) is 3.07. The lowest BCUT2D eigenvalue weighted by Gasteiger charge is -2.22. The van der Waals surface area contributed by atoms with Gasteiger partial charge in [0.15, 0.2) is 5.96 Å². The molecule has 0 spiro atoms. The Morgan fingerprint density at radius 3 is 2.45 bits per heavy atom. The van der Waals surface area contributed by atoms with Gasteiger partial charge in [-0.05, 0) is 31.4 Å². The molecule has 0 saturated heterocycles. The minimum absolute atomic E-state index is 0.0764. The molecule has 0 saturated carbocycles. The summed E-state index contributed by atoms with van der Waals surface area (Å²) in [4.78, 5) is 43.6. The van der Waals surface area contributed by atoms with Gasteiger partial charge in [0.05, 0.1) is 6.04 Å². The maximum Gasteiger partial charge on any atom is 0.326 e. The van der Waals surface area contributed by atoms with Crippen LogP contribution in [0.3, 0.4) is 0 Å². The summed E-state index contributed by atoms with van der Waals surface area (Å²) in [7, 11) is 0. The maximum atomic E-state index is 12.8. The molecule has 1 heterocycles. The van der Waals surface area contributed by atoms with E-state index in [1.54, 1.807) is 6.20 Å². The average Bonchev–Trinajstić information content (AvgIpc) is 3.12. The van der Waals surface area contributed by atoms with Gasteiger partial charge >= 0.3 is 5.97 Å². The molecule has 0 radical (unpaired) electrons. The summed E-state index contributed by atoms with van der Waals surface area (Å²) in [6, 6.07) is 4.49. The Balaban J connectivity index is 2.11. The summed E-state index contributed by atoms with van der Waals surface area (Å²) >= 11 is 0. The van der Waals surface area contributed by atoms with Crippen molar-refractivity contribution in [3.8, 4) is 0 Å². The first kappa shape index (κ1) is 23.7. The van der Waals surface area contributed by atoms with E-state index in [9.17, 15) is 19.5 Å². The Morgan fingerprint density at radius 1 is 1.13 bits per heavy atom. The predicted molar refractivity (Wildman–Crippen MR) is 117 cm³/mol. The third kappa shape index (κ3) is 7.00. The number of rotatable bonds is 11. The molecule has 2 amide bonds. The zero-order valence-corrected chi connectivity index (χ0v) is 17.3. The topological polar surface area (TPSA) is 202 Å². The van der Waals surface area contributed by atoms with Crippen LogP contribution in [0.5, 0.6) is 0 Å². The van der Waals surface area contributed by atoms with Crippen LogP contribution in [0, 0.1) is 0 Å².